The van der Waals surface area contributed by atoms with Gasteiger partial charge in [0.2, 0.25) is 10.0 Å². The second-order valence-corrected chi connectivity index (χ2v) is 5.93. The molecule has 0 heterocycles. The van der Waals surface area contributed by atoms with Gasteiger partial charge in [-0.05, 0) is 32.4 Å². The molecule has 0 amide bonds. The lowest BCUT2D eigenvalue weighted by molar-refractivity contribution is 0.369. The van der Waals surface area contributed by atoms with Crippen LogP contribution >= 0.6 is 0 Å². The van der Waals surface area contributed by atoms with E-state index >= 15 is 0 Å². The quantitative estimate of drug-likeness (QED) is 0.812. The summed E-state index contributed by atoms with van der Waals surface area (Å²) in [5.74, 6) is 0. The molecular formula is C12H19NO2S. The summed E-state index contributed by atoms with van der Waals surface area (Å²) >= 11 is 0. The van der Waals surface area contributed by atoms with Gasteiger partial charge >= 0.3 is 0 Å². The van der Waals surface area contributed by atoms with Crippen molar-refractivity contribution >= 4 is 10.0 Å². The summed E-state index contributed by atoms with van der Waals surface area (Å²) in [6, 6.07) is 7.07. The summed E-state index contributed by atoms with van der Waals surface area (Å²) in [7, 11) is -3.35. The molecule has 0 N–H and O–H groups in total. The third-order valence-corrected chi connectivity index (χ3v) is 4.88. The zero-order chi connectivity index (χ0) is 12.3. The van der Waals surface area contributed by atoms with Crippen LogP contribution in [0.4, 0.5) is 0 Å². The van der Waals surface area contributed by atoms with E-state index in [-0.39, 0.29) is 6.04 Å². The van der Waals surface area contributed by atoms with Crippen LogP contribution in [0.15, 0.2) is 29.2 Å². The molecule has 0 aliphatic carbocycles. The molecule has 16 heavy (non-hydrogen) atoms. The van der Waals surface area contributed by atoms with Gasteiger partial charge in [0.25, 0.3) is 0 Å². The second-order valence-electron chi connectivity index (χ2n) is 4.07. The van der Waals surface area contributed by atoms with Crippen LogP contribution in [0.3, 0.4) is 0 Å². The van der Waals surface area contributed by atoms with Crippen molar-refractivity contribution in [2.45, 2.75) is 38.6 Å². The van der Waals surface area contributed by atoms with E-state index in [0.29, 0.717) is 11.4 Å². The average Bonchev–Trinajstić information content (AvgIpc) is 2.17. The standard InChI is InChI=1S/C12H19NO2S/c1-5-13(10(2)3)16(14,15)12-9-7-6-8-11(12)4/h6-10H,5H2,1-4H3. The van der Waals surface area contributed by atoms with E-state index in [1.54, 1.807) is 12.1 Å². The number of hydrogen-bond acceptors (Lipinski definition) is 2. The van der Waals surface area contributed by atoms with Crippen molar-refractivity contribution in [2.24, 2.45) is 0 Å². The SMILES string of the molecule is CCN(C(C)C)S(=O)(=O)c1ccccc1C. The highest BCUT2D eigenvalue weighted by Crippen LogP contribution is 2.20. The predicted molar refractivity (Wildman–Crippen MR) is 65.9 cm³/mol. The lowest BCUT2D eigenvalue weighted by atomic mass is 10.2. The zero-order valence-electron chi connectivity index (χ0n) is 10.3. The highest BCUT2D eigenvalue weighted by atomic mass is 32.2. The van der Waals surface area contributed by atoms with Crippen LogP contribution in [0.5, 0.6) is 0 Å². The lowest BCUT2D eigenvalue weighted by Crippen LogP contribution is -2.36. The summed E-state index contributed by atoms with van der Waals surface area (Å²) in [5.41, 5.74) is 0.793. The molecular weight excluding hydrogens is 222 g/mol. The molecule has 0 atom stereocenters. The Balaban J connectivity index is 3.26. The van der Waals surface area contributed by atoms with Crippen LogP contribution in [0, 0.1) is 6.92 Å². The van der Waals surface area contributed by atoms with Gasteiger partial charge < -0.3 is 0 Å². The first-order chi connectivity index (χ1) is 7.41. The summed E-state index contributed by atoms with van der Waals surface area (Å²) in [4.78, 5) is 0.408. The Labute approximate surface area is 98.1 Å². The molecule has 1 aromatic carbocycles. The molecule has 1 rings (SSSR count). The molecule has 0 aliphatic heterocycles. The van der Waals surface area contributed by atoms with Gasteiger partial charge in [-0.3, -0.25) is 0 Å². The van der Waals surface area contributed by atoms with E-state index in [2.05, 4.69) is 0 Å². The van der Waals surface area contributed by atoms with E-state index < -0.39 is 10.0 Å². The van der Waals surface area contributed by atoms with E-state index in [4.69, 9.17) is 0 Å². The molecule has 0 fully saturated rings. The van der Waals surface area contributed by atoms with Gasteiger partial charge in [-0.2, -0.15) is 4.31 Å². The molecule has 1 aromatic rings. The Morgan fingerprint density at radius 3 is 2.25 bits per heavy atom. The molecule has 0 saturated carbocycles. The highest BCUT2D eigenvalue weighted by molar-refractivity contribution is 7.89. The van der Waals surface area contributed by atoms with Crippen LogP contribution in [0.25, 0.3) is 0 Å². The minimum Gasteiger partial charge on any atom is -0.207 e. The number of rotatable bonds is 4. The first-order valence-corrected chi connectivity index (χ1v) is 6.92. The van der Waals surface area contributed by atoms with Crippen molar-refractivity contribution in [3.63, 3.8) is 0 Å². The molecule has 0 radical (unpaired) electrons. The minimum absolute atomic E-state index is 0.0189. The largest absolute Gasteiger partial charge is 0.243 e. The third-order valence-electron chi connectivity index (χ3n) is 2.57. The van der Waals surface area contributed by atoms with Gasteiger partial charge in [0.15, 0.2) is 0 Å². The van der Waals surface area contributed by atoms with Crippen molar-refractivity contribution in [2.75, 3.05) is 6.54 Å². The Kier molecular flexibility index (Phi) is 4.10. The molecule has 4 heteroatoms. The molecule has 0 saturated heterocycles. The van der Waals surface area contributed by atoms with Gasteiger partial charge in [0, 0.05) is 12.6 Å². The van der Waals surface area contributed by atoms with Gasteiger partial charge in [-0.15, -0.1) is 0 Å². The van der Waals surface area contributed by atoms with Gasteiger partial charge in [-0.25, -0.2) is 8.42 Å². The van der Waals surface area contributed by atoms with Crippen LogP contribution in [-0.2, 0) is 10.0 Å². The molecule has 0 spiro atoms. The Morgan fingerprint density at radius 2 is 1.81 bits per heavy atom. The summed E-state index contributed by atoms with van der Waals surface area (Å²) < 4.78 is 26.2. The fourth-order valence-electron chi connectivity index (χ4n) is 1.78. The van der Waals surface area contributed by atoms with Crippen molar-refractivity contribution < 1.29 is 8.42 Å². The van der Waals surface area contributed by atoms with Gasteiger partial charge in [0.1, 0.15) is 0 Å². The smallest absolute Gasteiger partial charge is 0.207 e. The van der Waals surface area contributed by atoms with Crippen molar-refractivity contribution in [1.82, 2.24) is 4.31 Å². The maximum atomic E-state index is 12.4. The fraction of sp³-hybridized carbons (Fsp3) is 0.500. The average molecular weight is 241 g/mol. The number of hydrogen-bond donors (Lipinski definition) is 0. The topological polar surface area (TPSA) is 37.4 Å². The summed E-state index contributed by atoms with van der Waals surface area (Å²) in [6.07, 6.45) is 0. The van der Waals surface area contributed by atoms with E-state index in [0.717, 1.165) is 5.56 Å². The van der Waals surface area contributed by atoms with Crippen LogP contribution in [0.2, 0.25) is 0 Å². The van der Waals surface area contributed by atoms with E-state index in [1.165, 1.54) is 4.31 Å². The van der Waals surface area contributed by atoms with Crippen LogP contribution in [0.1, 0.15) is 26.3 Å². The van der Waals surface area contributed by atoms with Gasteiger partial charge in [0.05, 0.1) is 4.90 Å². The van der Waals surface area contributed by atoms with E-state index in [1.807, 2.05) is 39.8 Å². The molecule has 3 nitrogen and oxygen atoms in total. The number of nitrogens with zero attached hydrogens (tertiary/aromatic N) is 1. The third kappa shape index (κ3) is 2.44. The zero-order valence-corrected chi connectivity index (χ0v) is 11.1. The predicted octanol–water partition coefficient (Wildman–Crippen LogP) is 2.41. The summed E-state index contributed by atoms with van der Waals surface area (Å²) in [6.45, 7) is 7.95. The maximum Gasteiger partial charge on any atom is 0.243 e. The van der Waals surface area contributed by atoms with Crippen molar-refractivity contribution in [3.8, 4) is 0 Å². The molecule has 0 aliphatic rings. The molecule has 0 unspecified atom stereocenters. The normalized spacial score (nSPS) is 12.4. The van der Waals surface area contributed by atoms with Crippen molar-refractivity contribution in [1.29, 1.82) is 0 Å². The molecule has 0 bridgehead atoms. The second kappa shape index (κ2) is 4.97. The number of sulfonamides is 1. The summed E-state index contributed by atoms with van der Waals surface area (Å²) in [5, 5.41) is 0. The first kappa shape index (κ1) is 13.2. The van der Waals surface area contributed by atoms with E-state index in [9.17, 15) is 8.42 Å². The van der Waals surface area contributed by atoms with Gasteiger partial charge in [-0.1, -0.05) is 25.1 Å². The number of aryl methyl sites for hydroxylation is 1. The number of benzene rings is 1. The van der Waals surface area contributed by atoms with Crippen molar-refractivity contribution in [3.05, 3.63) is 29.8 Å². The maximum absolute atomic E-state index is 12.4. The minimum atomic E-state index is -3.35. The Hall–Kier alpha value is -0.870. The lowest BCUT2D eigenvalue weighted by Gasteiger charge is -2.25. The Bertz CT molecular complexity index is 452. The van der Waals surface area contributed by atoms with Crippen LogP contribution < -0.4 is 0 Å². The fourth-order valence-corrected chi connectivity index (χ4v) is 3.66. The van der Waals surface area contributed by atoms with Crippen LogP contribution in [-0.4, -0.2) is 25.3 Å². The monoisotopic (exact) mass is 241 g/mol. The Morgan fingerprint density at radius 1 is 1.25 bits per heavy atom. The molecule has 90 valence electrons. The molecule has 0 aromatic heterocycles. The first-order valence-electron chi connectivity index (χ1n) is 5.48. The highest BCUT2D eigenvalue weighted by Gasteiger charge is 2.26.